The molecular formula is C9H18F2N2. The average molecular weight is 192 g/mol. The molecule has 0 saturated carbocycles. The number of hydrogen-bond acceptors (Lipinski definition) is 2. The Bertz CT molecular complexity index is 170. The highest BCUT2D eigenvalue weighted by molar-refractivity contribution is 4.88. The van der Waals surface area contributed by atoms with E-state index in [-0.39, 0.29) is 18.4 Å². The third-order valence-corrected chi connectivity index (χ3v) is 2.85. The summed E-state index contributed by atoms with van der Waals surface area (Å²) in [5.74, 6) is -2.46. The number of alkyl halides is 2. The highest BCUT2D eigenvalue weighted by atomic mass is 19.3. The first kappa shape index (κ1) is 10.9. The standard InChI is InChI=1S/C9H18F2N2/c1-8(2,7-12)13-5-3-9(10,11)4-6-13/h3-7,12H2,1-2H3. The van der Waals surface area contributed by atoms with Gasteiger partial charge in [0, 0.05) is 38.0 Å². The van der Waals surface area contributed by atoms with Gasteiger partial charge in [-0.3, -0.25) is 4.90 Å². The van der Waals surface area contributed by atoms with E-state index in [2.05, 4.69) is 0 Å². The smallest absolute Gasteiger partial charge is 0.250 e. The summed E-state index contributed by atoms with van der Waals surface area (Å²) in [7, 11) is 0. The molecule has 0 aliphatic carbocycles. The minimum absolute atomic E-state index is 0.0313. The molecule has 2 nitrogen and oxygen atoms in total. The molecule has 13 heavy (non-hydrogen) atoms. The average Bonchev–Trinajstić information content (AvgIpc) is 2.04. The molecule has 0 radical (unpaired) electrons. The summed E-state index contributed by atoms with van der Waals surface area (Å²) in [5, 5.41) is 0. The van der Waals surface area contributed by atoms with E-state index in [1.165, 1.54) is 0 Å². The van der Waals surface area contributed by atoms with Gasteiger partial charge in [-0.1, -0.05) is 0 Å². The van der Waals surface area contributed by atoms with Crippen molar-refractivity contribution >= 4 is 0 Å². The minimum atomic E-state index is -2.46. The lowest BCUT2D eigenvalue weighted by molar-refractivity contribution is -0.0725. The third kappa shape index (κ3) is 2.61. The number of rotatable bonds is 2. The summed E-state index contributed by atoms with van der Waals surface area (Å²) in [6, 6.07) is 0. The molecule has 1 saturated heterocycles. The van der Waals surface area contributed by atoms with Gasteiger partial charge in [-0.2, -0.15) is 0 Å². The molecule has 1 aliphatic heterocycles. The van der Waals surface area contributed by atoms with Crippen LogP contribution in [0, 0.1) is 0 Å². The predicted octanol–water partition coefficient (Wildman–Crippen LogP) is 1.45. The van der Waals surface area contributed by atoms with Gasteiger partial charge in [-0.05, 0) is 13.8 Å². The van der Waals surface area contributed by atoms with Gasteiger partial charge in [0.2, 0.25) is 0 Å². The molecule has 78 valence electrons. The van der Waals surface area contributed by atoms with Crippen LogP contribution in [-0.4, -0.2) is 36.0 Å². The van der Waals surface area contributed by atoms with Gasteiger partial charge in [-0.25, -0.2) is 8.78 Å². The lowest BCUT2D eigenvalue weighted by Crippen LogP contribution is -2.54. The topological polar surface area (TPSA) is 29.3 Å². The number of halogens is 2. The Hall–Kier alpha value is -0.220. The number of hydrogen-bond donors (Lipinski definition) is 1. The largest absolute Gasteiger partial charge is 0.329 e. The van der Waals surface area contributed by atoms with Gasteiger partial charge < -0.3 is 5.73 Å². The lowest BCUT2D eigenvalue weighted by atomic mass is 9.97. The van der Waals surface area contributed by atoms with Crippen LogP contribution in [0.15, 0.2) is 0 Å². The van der Waals surface area contributed by atoms with Gasteiger partial charge in [0.05, 0.1) is 0 Å². The number of nitrogens with zero attached hydrogens (tertiary/aromatic N) is 1. The maximum absolute atomic E-state index is 12.8. The summed E-state index contributed by atoms with van der Waals surface area (Å²) < 4.78 is 25.6. The molecule has 0 amide bonds. The highest BCUT2D eigenvalue weighted by Gasteiger charge is 2.38. The fraction of sp³-hybridized carbons (Fsp3) is 1.00. The zero-order valence-electron chi connectivity index (χ0n) is 8.32. The van der Waals surface area contributed by atoms with Gasteiger partial charge in [0.25, 0.3) is 5.92 Å². The van der Waals surface area contributed by atoms with Gasteiger partial charge in [-0.15, -0.1) is 0 Å². The maximum atomic E-state index is 12.8. The van der Waals surface area contributed by atoms with Crippen molar-refractivity contribution in [2.45, 2.75) is 38.2 Å². The van der Waals surface area contributed by atoms with E-state index in [9.17, 15) is 8.78 Å². The van der Waals surface area contributed by atoms with Crippen molar-refractivity contribution in [3.8, 4) is 0 Å². The zero-order valence-corrected chi connectivity index (χ0v) is 8.32. The zero-order chi connectivity index (χ0) is 10.1. The Balaban J connectivity index is 2.50. The molecule has 2 N–H and O–H groups in total. The van der Waals surface area contributed by atoms with E-state index < -0.39 is 5.92 Å². The SMILES string of the molecule is CC(C)(CN)N1CCC(F)(F)CC1. The first-order chi connectivity index (χ1) is 5.87. The Labute approximate surface area is 78.1 Å². The van der Waals surface area contributed by atoms with Crippen LogP contribution < -0.4 is 5.73 Å². The van der Waals surface area contributed by atoms with Crippen LogP contribution in [-0.2, 0) is 0 Å². The number of piperidine rings is 1. The van der Waals surface area contributed by atoms with Crippen molar-refractivity contribution in [2.75, 3.05) is 19.6 Å². The fourth-order valence-corrected chi connectivity index (χ4v) is 1.57. The van der Waals surface area contributed by atoms with Crippen molar-refractivity contribution in [1.29, 1.82) is 0 Å². The lowest BCUT2D eigenvalue weighted by Gasteiger charge is -2.42. The van der Waals surface area contributed by atoms with Crippen LogP contribution in [0.25, 0.3) is 0 Å². The van der Waals surface area contributed by atoms with Crippen molar-refractivity contribution < 1.29 is 8.78 Å². The quantitative estimate of drug-likeness (QED) is 0.717. The Morgan fingerprint density at radius 2 is 1.77 bits per heavy atom. The molecule has 1 aliphatic rings. The van der Waals surface area contributed by atoms with E-state index in [4.69, 9.17) is 5.73 Å². The van der Waals surface area contributed by atoms with Crippen LogP contribution in [0.4, 0.5) is 8.78 Å². The molecule has 4 heteroatoms. The molecule has 0 bridgehead atoms. The second-order valence-corrected chi connectivity index (χ2v) is 4.36. The van der Waals surface area contributed by atoms with Crippen molar-refractivity contribution in [1.82, 2.24) is 4.90 Å². The third-order valence-electron chi connectivity index (χ3n) is 2.85. The second kappa shape index (κ2) is 3.50. The summed E-state index contributed by atoms with van der Waals surface area (Å²) in [6.45, 7) is 5.42. The van der Waals surface area contributed by atoms with E-state index >= 15 is 0 Å². The van der Waals surface area contributed by atoms with Crippen LogP contribution >= 0.6 is 0 Å². The van der Waals surface area contributed by atoms with Crippen LogP contribution in [0.5, 0.6) is 0 Å². The van der Waals surface area contributed by atoms with Crippen LogP contribution in [0.2, 0.25) is 0 Å². The molecule has 1 rings (SSSR count). The van der Waals surface area contributed by atoms with Gasteiger partial charge >= 0.3 is 0 Å². The van der Waals surface area contributed by atoms with Crippen molar-refractivity contribution in [2.24, 2.45) is 5.73 Å². The summed E-state index contributed by atoms with van der Waals surface area (Å²) in [4.78, 5) is 2.05. The molecule has 0 atom stereocenters. The van der Waals surface area contributed by atoms with E-state index in [0.29, 0.717) is 19.6 Å². The van der Waals surface area contributed by atoms with Gasteiger partial charge in [0.1, 0.15) is 0 Å². The summed E-state index contributed by atoms with van der Waals surface area (Å²) in [6.07, 6.45) is -0.0626. The Morgan fingerprint density at radius 3 is 2.15 bits per heavy atom. The molecule has 0 aromatic heterocycles. The molecule has 0 aromatic rings. The molecule has 0 aromatic carbocycles. The second-order valence-electron chi connectivity index (χ2n) is 4.36. The molecule has 1 fully saturated rings. The maximum Gasteiger partial charge on any atom is 0.250 e. The van der Waals surface area contributed by atoms with E-state index in [0.717, 1.165) is 0 Å². The first-order valence-electron chi connectivity index (χ1n) is 4.70. The van der Waals surface area contributed by atoms with Gasteiger partial charge in [0.15, 0.2) is 0 Å². The van der Waals surface area contributed by atoms with Crippen molar-refractivity contribution in [3.05, 3.63) is 0 Å². The molecule has 0 unspecified atom stereocenters. The normalized spacial score (nSPS) is 24.7. The number of likely N-dealkylation sites (tertiary alicyclic amines) is 1. The van der Waals surface area contributed by atoms with Crippen molar-refractivity contribution in [3.63, 3.8) is 0 Å². The highest BCUT2D eigenvalue weighted by Crippen LogP contribution is 2.30. The van der Waals surface area contributed by atoms with Crippen LogP contribution in [0.3, 0.4) is 0 Å². The molecule has 1 heterocycles. The van der Waals surface area contributed by atoms with E-state index in [1.807, 2.05) is 18.7 Å². The Kier molecular flexibility index (Phi) is 2.92. The molecule has 0 spiro atoms. The summed E-state index contributed by atoms with van der Waals surface area (Å²) in [5.41, 5.74) is 5.43. The monoisotopic (exact) mass is 192 g/mol. The first-order valence-corrected chi connectivity index (χ1v) is 4.70. The van der Waals surface area contributed by atoms with E-state index in [1.54, 1.807) is 0 Å². The Morgan fingerprint density at radius 1 is 1.31 bits per heavy atom. The summed E-state index contributed by atoms with van der Waals surface area (Å²) >= 11 is 0. The fourth-order valence-electron chi connectivity index (χ4n) is 1.57. The predicted molar refractivity (Wildman–Crippen MR) is 48.9 cm³/mol. The number of nitrogens with two attached hydrogens (primary N) is 1. The minimum Gasteiger partial charge on any atom is -0.329 e. The van der Waals surface area contributed by atoms with Crippen LogP contribution in [0.1, 0.15) is 26.7 Å². The molecular weight excluding hydrogens is 174 g/mol.